The summed E-state index contributed by atoms with van der Waals surface area (Å²) >= 11 is 0. The molecule has 1 saturated carbocycles. The number of hydrogen-bond acceptors (Lipinski definition) is 4. The highest BCUT2D eigenvalue weighted by Gasteiger charge is 2.34. The number of carbonyl (C=O) groups excluding carboxylic acids is 1. The van der Waals surface area contributed by atoms with Crippen LogP contribution in [0.3, 0.4) is 0 Å². The second-order valence-electron chi connectivity index (χ2n) is 8.05. The van der Waals surface area contributed by atoms with Gasteiger partial charge in [0.1, 0.15) is 0 Å². The molecule has 4 N–H and O–H groups in total. The third-order valence-electron chi connectivity index (χ3n) is 6.00. The lowest BCUT2D eigenvalue weighted by atomic mass is 9.72. The molecule has 5 rings (SSSR count). The van der Waals surface area contributed by atoms with Crippen molar-refractivity contribution in [1.29, 1.82) is 0 Å². The Morgan fingerprint density at radius 2 is 1.77 bits per heavy atom. The molecular weight excluding hydrogens is 386 g/mol. The minimum absolute atomic E-state index is 0.199. The largest absolute Gasteiger partial charge is 0.366 e. The van der Waals surface area contributed by atoms with Gasteiger partial charge in [-0.25, -0.2) is 9.50 Å². The SMILES string of the molecule is NC(=O)C=Cc1cnc2cc(-c3ccccc3)c(-c3ccc(C4(N)CCC4)cc3)nn12. The van der Waals surface area contributed by atoms with Crippen LogP contribution in [0, 0.1) is 0 Å². The zero-order valence-corrected chi connectivity index (χ0v) is 17.0. The van der Waals surface area contributed by atoms with Gasteiger partial charge in [0.05, 0.1) is 17.6 Å². The van der Waals surface area contributed by atoms with E-state index in [1.54, 1.807) is 16.8 Å². The van der Waals surface area contributed by atoms with E-state index in [1.165, 1.54) is 12.5 Å². The van der Waals surface area contributed by atoms with Crippen molar-refractivity contribution in [2.24, 2.45) is 11.5 Å². The molecule has 2 aromatic carbocycles. The Kier molecular flexibility index (Phi) is 4.64. The first-order chi connectivity index (χ1) is 15.0. The standard InChI is InChI=1S/C25H23N5O/c26-22(31)12-11-20-16-28-23-15-21(17-5-2-1-3-6-17)24(29-30(20)23)18-7-9-19(10-8-18)25(27)13-4-14-25/h1-3,5-12,15-16H,4,13-14,27H2,(H2,26,31). The number of aromatic nitrogens is 3. The molecule has 0 radical (unpaired) electrons. The number of nitrogens with zero attached hydrogens (tertiary/aromatic N) is 3. The number of rotatable bonds is 5. The van der Waals surface area contributed by atoms with Crippen molar-refractivity contribution in [2.75, 3.05) is 0 Å². The molecule has 0 atom stereocenters. The van der Waals surface area contributed by atoms with Crippen LogP contribution >= 0.6 is 0 Å². The summed E-state index contributed by atoms with van der Waals surface area (Å²) in [7, 11) is 0. The van der Waals surface area contributed by atoms with Gasteiger partial charge in [-0.05, 0) is 42.5 Å². The van der Waals surface area contributed by atoms with E-state index in [0.29, 0.717) is 11.3 Å². The van der Waals surface area contributed by atoms with Gasteiger partial charge in [0.25, 0.3) is 0 Å². The molecule has 1 aliphatic carbocycles. The third-order valence-corrected chi connectivity index (χ3v) is 6.00. The second kappa shape index (κ2) is 7.49. The first-order valence-electron chi connectivity index (χ1n) is 10.3. The Morgan fingerprint density at radius 1 is 1.03 bits per heavy atom. The smallest absolute Gasteiger partial charge is 0.241 e. The van der Waals surface area contributed by atoms with Crippen LogP contribution in [0.25, 0.3) is 34.1 Å². The molecule has 0 aliphatic heterocycles. The van der Waals surface area contributed by atoms with Crippen LogP contribution in [0.4, 0.5) is 0 Å². The number of amides is 1. The maximum absolute atomic E-state index is 11.2. The van der Waals surface area contributed by atoms with Crippen molar-refractivity contribution in [3.05, 3.63) is 84.2 Å². The fraction of sp³-hybridized carbons (Fsp3) is 0.160. The molecule has 0 unspecified atom stereocenters. The minimum atomic E-state index is -0.515. The third kappa shape index (κ3) is 3.51. The topological polar surface area (TPSA) is 99.3 Å². The predicted octanol–water partition coefficient (Wildman–Crippen LogP) is 3.90. The van der Waals surface area contributed by atoms with Crippen LogP contribution in [0.5, 0.6) is 0 Å². The van der Waals surface area contributed by atoms with Gasteiger partial charge in [-0.15, -0.1) is 0 Å². The Bertz CT molecular complexity index is 1290. The molecule has 0 spiro atoms. The fourth-order valence-electron chi connectivity index (χ4n) is 4.07. The normalized spacial score (nSPS) is 15.3. The van der Waals surface area contributed by atoms with E-state index in [9.17, 15) is 4.79 Å². The zero-order valence-electron chi connectivity index (χ0n) is 17.0. The van der Waals surface area contributed by atoms with E-state index in [2.05, 4.69) is 41.4 Å². The van der Waals surface area contributed by atoms with E-state index in [4.69, 9.17) is 16.6 Å². The monoisotopic (exact) mass is 409 g/mol. The van der Waals surface area contributed by atoms with Gasteiger partial charge in [0.15, 0.2) is 5.65 Å². The average Bonchev–Trinajstić information content (AvgIpc) is 3.18. The van der Waals surface area contributed by atoms with E-state index in [-0.39, 0.29) is 5.54 Å². The van der Waals surface area contributed by atoms with Crippen molar-refractivity contribution in [2.45, 2.75) is 24.8 Å². The Labute approximate surface area is 180 Å². The van der Waals surface area contributed by atoms with Gasteiger partial charge < -0.3 is 11.5 Å². The molecule has 6 nitrogen and oxygen atoms in total. The van der Waals surface area contributed by atoms with Crippen molar-refractivity contribution in [3.8, 4) is 22.4 Å². The van der Waals surface area contributed by atoms with Crippen LogP contribution in [-0.4, -0.2) is 20.5 Å². The first kappa shape index (κ1) is 19.2. The van der Waals surface area contributed by atoms with Gasteiger partial charge >= 0.3 is 0 Å². The average molecular weight is 409 g/mol. The summed E-state index contributed by atoms with van der Waals surface area (Å²) in [6.07, 6.45) is 7.84. The Morgan fingerprint density at radius 3 is 2.42 bits per heavy atom. The number of benzene rings is 2. The molecule has 1 aliphatic rings. The zero-order chi connectivity index (χ0) is 21.4. The van der Waals surface area contributed by atoms with Crippen LogP contribution in [-0.2, 0) is 10.3 Å². The molecule has 1 fully saturated rings. The van der Waals surface area contributed by atoms with E-state index >= 15 is 0 Å². The minimum Gasteiger partial charge on any atom is -0.366 e. The van der Waals surface area contributed by atoms with E-state index < -0.39 is 5.91 Å². The molecule has 0 bridgehead atoms. The fourth-order valence-corrected chi connectivity index (χ4v) is 4.07. The summed E-state index contributed by atoms with van der Waals surface area (Å²) in [6, 6.07) is 20.5. The summed E-state index contributed by atoms with van der Waals surface area (Å²) in [6.45, 7) is 0. The van der Waals surface area contributed by atoms with E-state index in [0.717, 1.165) is 40.8 Å². The summed E-state index contributed by atoms with van der Waals surface area (Å²) in [4.78, 5) is 15.6. The van der Waals surface area contributed by atoms with Crippen LogP contribution in [0.15, 0.2) is 72.9 Å². The van der Waals surface area contributed by atoms with Crippen LogP contribution in [0.1, 0.15) is 30.5 Å². The van der Waals surface area contributed by atoms with Crippen LogP contribution in [0.2, 0.25) is 0 Å². The number of hydrogen-bond donors (Lipinski definition) is 2. The Balaban J connectivity index is 1.66. The lowest BCUT2D eigenvalue weighted by molar-refractivity contribution is -0.113. The highest BCUT2D eigenvalue weighted by atomic mass is 16.1. The quantitative estimate of drug-likeness (QED) is 0.488. The van der Waals surface area contributed by atoms with Gasteiger partial charge in [-0.1, -0.05) is 54.6 Å². The maximum Gasteiger partial charge on any atom is 0.241 e. The van der Waals surface area contributed by atoms with Crippen molar-refractivity contribution in [3.63, 3.8) is 0 Å². The van der Waals surface area contributed by atoms with Crippen molar-refractivity contribution >= 4 is 17.6 Å². The van der Waals surface area contributed by atoms with Gasteiger partial charge in [-0.2, -0.15) is 5.10 Å². The van der Waals surface area contributed by atoms with Crippen molar-refractivity contribution in [1.82, 2.24) is 14.6 Å². The van der Waals surface area contributed by atoms with Crippen molar-refractivity contribution < 1.29 is 4.79 Å². The van der Waals surface area contributed by atoms with E-state index in [1.807, 2.05) is 24.3 Å². The maximum atomic E-state index is 11.2. The summed E-state index contributed by atoms with van der Waals surface area (Å²) in [5, 5.41) is 4.91. The molecule has 0 saturated heterocycles. The number of imidazole rings is 1. The van der Waals surface area contributed by atoms with Gasteiger partial charge in [0.2, 0.25) is 5.91 Å². The summed E-state index contributed by atoms with van der Waals surface area (Å²) < 4.78 is 1.73. The summed E-state index contributed by atoms with van der Waals surface area (Å²) in [5.41, 5.74) is 18.0. The first-order valence-corrected chi connectivity index (χ1v) is 10.3. The highest BCUT2D eigenvalue weighted by Crippen LogP contribution is 2.39. The molecule has 2 aromatic heterocycles. The molecule has 2 heterocycles. The molecule has 1 amide bonds. The molecule has 4 aromatic rings. The number of carbonyl (C=O) groups is 1. The number of nitrogens with two attached hydrogens (primary N) is 2. The summed E-state index contributed by atoms with van der Waals surface area (Å²) in [5.74, 6) is -0.515. The lowest BCUT2D eigenvalue weighted by Gasteiger charge is -2.38. The molecule has 154 valence electrons. The lowest BCUT2D eigenvalue weighted by Crippen LogP contribution is -2.43. The van der Waals surface area contributed by atoms with Crippen LogP contribution < -0.4 is 11.5 Å². The second-order valence-corrected chi connectivity index (χ2v) is 8.05. The molecule has 6 heteroatoms. The van der Waals surface area contributed by atoms with Gasteiger partial charge in [-0.3, -0.25) is 4.79 Å². The predicted molar refractivity (Wildman–Crippen MR) is 122 cm³/mol. The number of primary amides is 1. The molecule has 31 heavy (non-hydrogen) atoms. The highest BCUT2D eigenvalue weighted by molar-refractivity contribution is 5.90. The van der Waals surface area contributed by atoms with Gasteiger partial charge in [0, 0.05) is 22.7 Å². The Hall–Kier alpha value is -3.77. The molecular formula is C25H23N5O. The number of fused-ring (bicyclic) bond motifs is 1.